The van der Waals surface area contributed by atoms with Crippen molar-refractivity contribution in [3.8, 4) is 5.75 Å². The summed E-state index contributed by atoms with van der Waals surface area (Å²) in [5.41, 5.74) is 2.06. The molecule has 3 rings (SSSR count). The Balaban J connectivity index is 2.24. The number of halogens is 1. The van der Waals surface area contributed by atoms with Gasteiger partial charge in [-0.25, -0.2) is 4.79 Å². The molecule has 6 heteroatoms. The van der Waals surface area contributed by atoms with Gasteiger partial charge in [0, 0.05) is 11.1 Å². The molecule has 2 heterocycles. The number of phenolic OH excluding ortho intramolecular Hbond substituents is 1. The number of ether oxygens (including phenoxy) is 1. The van der Waals surface area contributed by atoms with Crippen LogP contribution in [0.25, 0.3) is 10.9 Å². The molecule has 1 aromatic carbocycles. The van der Waals surface area contributed by atoms with Gasteiger partial charge in [-0.1, -0.05) is 0 Å². The molecule has 5 nitrogen and oxygen atoms in total. The number of carbonyl (C=O) groups is 1. The maximum atomic E-state index is 12.3. The van der Waals surface area contributed by atoms with Gasteiger partial charge in [-0.2, -0.15) is 0 Å². The summed E-state index contributed by atoms with van der Waals surface area (Å²) in [6.07, 6.45) is 1.62. The zero-order valence-corrected chi connectivity index (χ0v) is 14.4. The van der Waals surface area contributed by atoms with Gasteiger partial charge >= 0.3 is 5.97 Å². The van der Waals surface area contributed by atoms with Crippen molar-refractivity contribution in [2.75, 3.05) is 6.61 Å². The van der Waals surface area contributed by atoms with Gasteiger partial charge < -0.3 is 18.8 Å². The number of fused-ring (bicyclic) bond motifs is 1. The maximum absolute atomic E-state index is 12.3. The molecular formula is C17H16BrNO4. The normalized spacial score (nSPS) is 11.1. The van der Waals surface area contributed by atoms with E-state index >= 15 is 0 Å². The van der Waals surface area contributed by atoms with Crippen molar-refractivity contribution in [1.29, 1.82) is 0 Å². The lowest BCUT2D eigenvalue weighted by molar-refractivity contribution is 0.0527. The Morgan fingerprint density at radius 2 is 2.22 bits per heavy atom. The number of hydrogen-bond donors (Lipinski definition) is 1. The minimum Gasteiger partial charge on any atom is -0.507 e. The van der Waals surface area contributed by atoms with Crippen LogP contribution in [0.15, 0.2) is 39.4 Å². The quantitative estimate of drug-likeness (QED) is 0.690. The van der Waals surface area contributed by atoms with Crippen LogP contribution in [0.5, 0.6) is 5.75 Å². The summed E-state index contributed by atoms with van der Waals surface area (Å²) in [4.78, 5) is 12.3. The number of rotatable bonds is 4. The van der Waals surface area contributed by atoms with E-state index in [1.54, 1.807) is 25.3 Å². The molecule has 0 bridgehead atoms. The fourth-order valence-electron chi connectivity index (χ4n) is 2.71. The molecule has 3 aromatic rings. The summed E-state index contributed by atoms with van der Waals surface area (Å²) in [5.74, 6) is 0.470. The van der Waals surface area contributed by atoms with Crippen LogP contribution in [-0.4, -0.2) is 22.2 Å². The second-order valence-corrected chi connectivity index (χ2v) is 6.02. The second kappa shape index (κ2) is 6.12. The number of carbonyl (C=O) groups excluding carboxylic acids is 1. The third kappa shape index (κ3) is 2.74. The number of furan rings is 1. The van der Waals surface area contributed by atoms with Crippen LogP contribution in [-0.2, 0) is 11.3 Å². The number of aromatic nitrogens is 1. The topological polar surface area (TPSA) is 64.6 Å². The van der Waals surface area contributed by atoms with Gasteiger partial charge in [0.1, 0.15) is 11.5 Å². The van der Waals surface area contributed by atoms with E-state index in [1.165, 1.54) is 0 Å². The zero-order valence-electron chi connectivity index (χ0n) is 12.8. The average Bonchev–Trinajstić information content (AvgIpc) is 3.09. The fraction of sp³-hybridized carbons (Fsp3) is 0.235. The van der Waals surface area contributed by atoms with Crippen molar-refractivity contribution in [2.45, 2.75) is 20.4 Å². The molecule has 0 saturated carbocycles. The van der Waals surface area contributed by atoms with Crippen molar-refractivity contribution in [3.05, 3.63) is 52.0 Å². The van der Waals surface area contributed by atoms with Crippen LogP contribution < -0.4 is 0 Å². The number of aromatic hydroxyl groups is 1. The number of phenols is 1. The summed E-state index contributed by atoms with van der Waals surface area (Å²) in [7, 11) is 0. The predicted molar refractivity (Wildman–Crippen MR) is 89.8 cm³/mol. The van der Waals surface area contributed by atoms with E-state index in [2.05, 4.69) is 15.9 Å². The van der Waals surface area contributed by atoms with E-state index in [4.69, 9.17) is 9.15 Å². The van der Waals surface area contributed by atoms with Crippen molar-refractivity contribution in [3.63, 3.8) is 0 Å². The minimum atomic E-state index is -0.394. The molecule has 0 aliphatic heterocycles. The molecule has 0 aliphatic rings. The third-order valence-corrected chi connectivity index (χ3v) is 4.40. The van der Waals surface area contributed by atoms with Crippen molar-refractivity contribution >= 4 is 32.8 Å². The summed E-state index contributed by atoms with van der Waals surface area (Å²) >= 11 is 3.33. The van der Waals surface area contributed by atoms with Gasteiger partial charge in [0.05, 0.1) is 35.0 Å². The first-order chi connectivity index (χ1) is 11.0. The maximum Gasteiger partial charge on any atom is 0.340 e. The lowest BCUT2D eigenvalue weighted by Gasteiger charge is -2.07. The third-order valence-electron chi connectivity index (χ3n) is 3.77. The summed E-state index contributed by atoms with van der Waals surface area (Å²) in [6.45, 7) is 4.42. The zero-order chi connectivity index (χ0) is 16.6. The Morgan fingerprint density at radius 3 is 2.87 bits per heavy atom. The minimum absolute atomic E-state index is 0.0817. The molecule has 2 aromatic heterocycles. The number of hydrogen-bond acceptors (Lipinski definition) is 4. The first kappa shape index (κ1) is 15.7. The molecule has 0 aliphatic carbocycles. The molecular weight excluding hydrogens is 362 g/mol. The molecule has 0 atom stereocenters. The molecule has 0 amide bonds. The van der Waals surface area contributed by atoms with Gasteiger partial charge in [-0.3, -0.25) is 0 Å². The molecule has 0 unspecified atom stereocenters. The second-order valence-electron chi connectivity index (χ2n) is 5.17. The van der Waals surface area contributed by atoms with Gasteiger partial charge in [0.15, 0.2) is 0 Å². The SMILES string of the molecule is CCOC(=O)c1c(C)n(Cc2ccco2)c2cc(Br)c(O)cc12. The lowest BCUT2D eigenvalue weighted by Crippen LogP contribution is -2.08. The van der Waals surface area contributed by atoms with E-state index in [0.717, 1.165) is 17.0 Å². The van der Waals surface area contributed by atoms with E-state index in [0.29, 0.717) is 28.6 Å². The monoisotopic (exact) mass is 377 g/mol. The summed E-state index contributed by atoms with van der Waals surface area (Å²) < 4.78 is 13.1. The number of benzene rings is 1. The molecule has 0 fully saturated rings. The Labute approximate surface area is 141 Å². The summed E-state index contributed by atoms with van der Waals surface area (Å²) in [5, 5.41) is 10.6. The van der Waals surface area contributed by atoms with E-state index in [9.17, 15) is 9.90 Å². The van der Waals surface area contributed by atoms with Gasteiger partial charge in [-0.15, -0.1) is 0 Å². The van der Waals surface area contributed by atoms with Crippen LogP contribution in [0.1, 0.15) is 28.7 Å². The van der Waals surface area contributed by atoms with Crippen molar-refractivity contribution < 1.29 is 19.1 Å². The van der Waals surface area contributed by atoms with Crippen LogP contribution in [0, 0.1) is 6.92 Å². The number of nitrogens with zero attached hydrogens (tertiary/aromatic N) is 1. The standard InChI is InChI=1S/C17H16BrNO4/c1-3-22-17(21)16-10(2)19(9-11-5-4-6-23-11)14-8-13(18)15(20)7-12(14)16/h4-8,20H,3,9H2,1-2H3. The highest BCUT2D eigenvalue weighted by Gasteiger charge is 2.22. The van der Waals surface area contributed by atoms with E-state index < -0.39 is 5.97 Å². The largest absolute Gasteiger partial charge is 0.507 e. The van der Waals surface area contributed by atoms with Crippen LogP contribution >= 0.6 is 15.9 Å². The van der Waals surface area contributed by atoms with Gasteiger partial charge in [0.2, 0.25) is 0 Å². The van der Waals surface area contributed by atoms with E-state index in [1.807, 2.05) is 23.6 Å². The molecule has 0 radical (unpaired) electrons. The highest BCUT2D eigenvalue weighted by atomic mass is 79.9. The Morgan fingerprint density at radius 1 is 1.43 bits per heavy atom. The lowest BCUT2D eigenvalue weighted by atomic mass is 10.1. The Bertz CT molecular complexity index is 865. The van der Waals surface area contributed by atoms with Crippen LogP contribution in [0.3, 0.4) is 0 Å². The van der Waals surface area contributed by atoms with E-state index in [-0.39, 0.29) is 5.75 Å². The smallest absolute Gasteiger partial charge is 0.340 e. The van der Waals surface area contributed by atoms with Crippen LogP contribution in [0.4, 0.5) is 0 Å². The first-order valence-electron chi connectivity index (χ1n) is 7.23. The van der Waals surface area contributed by atoms with Gasteiger partial charge in [0.25, 0.3) is 0 Å². The Hall–Kier alpha value is -2.21. The highest BCUT2D eigenvalue weighted by molar-refractivity contribution is 9.10. The van der Waals surface area contributed by atoms with Crippen molar-refractivity contribution in [2.24, 2.45) is 0 Å². The van der Waals surface area contributed by atoms with Crippen molar-refractivity contribution in [1.82, 2.24) is 4.57 Å². The fourth-order valence-corrected chi connectivity index (χ4v) is 3.04. The molecule has 1 N–H and O–H groups in total. The average molecular weight is 378 g/mol. The highest BCUT2D eigenvalue weighted by Crippen LogP contribution is 2.35. The predicted octanol–water partition coefficient (Wildman–Crippen LogP) is 4.24. The van der Waals surface area contributed by atoms with Gasteiger partial charge in [-0.05, 0) is 54.0 Å². The molecule has 23 heavy (non-hydrogen) atoms. The summed E-state index contributed by atoms with van der Waals surface area (Å²) in [6, 6.07) is 7.08. The molecule has 0 saturated heterocycles. The first-order valence-corrected chi connectivity index (χ1v) is 8.03. The molecule has 0 spiro atoms. The molecule has 120 valence electrons. The Kier molecular flexibility index (Phi) is 4.17. The van der Waals surface area contributed by atoms with Crippen LogP contribution in [0.2, 0.25) is 0 Å². The number of esters is 1.